The van der Waals surface area contributed by atoms with Crippen molar-refractivity contribution in [1.29, 1.82) is 0 Å². The number of nitrogens with zero attached hydrogens (tertiary/aromatic N) is 3. The lowest BCUT2D eigenvalue weighted by atomic mass is 9.94. The van der Waals surface area contributed by atoms with Crippen molar-refractivity contribution in [2.24, 2.45) is 5.92 Å². The zero-order valence-electron chi connectivity index (χ0n) is 22.9. The predicted molar refractivity (Wildman–Crippen MR) is 147 cm³/mol. The largest absolute Gasteiger partial charge is 0.463 e. The van der Waals surface area contributed by atoms with Crippen molar-refractivity contribution in [3.8, 4) is 17.6 Å². The number of carbonyl (C=O) groups excluding carboxylic acids is 1. The fraction of sp³-hybridized carbons (Fsp3) is 0.462. The number of aliphatic hydroxyl groups is 2. The second-order valence-corrected chi connectivity index (χ2v) is 11.9. The second-order valence-electron chi connectivity index (χ2n) is 9.83. The van der Waals surface area contributed by atoms with Crippen molar-refractivity contribution < 1.29 is 38.1 Å². The molecule has 3 heterocycles. The number of carbonyl (C=O) groups is 1. The van der Waals surface area contributed by atoms with Gasteiger partial charge in [-0.25, -0.2) is 9.55 Å². The van der Waals surface area contributed by atoms with Crippen LogP contribution >= 0.6 is 7.60 Å². The smallest absolute Gasteiger partial charge is 0.380 e. The van der Waals surface area contributed by atoms with Gasteiger partial charge in [0.1, 0.15) is 18.0 Å². The van der Waals surface area contributed by atoms with Crippen molar-refractivity contribution in [1.82, 2.24) is 19.5 Å². The van der Waals surface area contributed by atoms with Crippen LogP contribution in [-0.4, -0.2) is 72.4 Å². The molecule has 4 rings (SSSR count). The lowest BCUT2D eigenvalue weighted by Gasteiger charge is -2.26. The Morgan fingerprint density at radius 1 is 1.32 bits per heavy atom. The van der Waals surface area contributed by atoms with Gasteiger partial charge in [-0.1, -0.05) is 31.0 Å². The van der Waals surface area contributed by atoms with Crippen molar-refractivity contribution in [2.45, 2.75) is 57.8 Å². The van der Waals surface area contributed by atoms with Gasteiger partial charge >= 0.3 is 13.6 Å². The number of fused-ring (bicyclic) bond motifs is 1. The number of imidazole rings is 1. The summed E-state index contributed by atoms with van der Waals surface area (Å²) < 4.78 is 37.8. The molecular weight excluding hydrogens is 557 g/mol. The lowest BCUT2D eigenvalue weighted by molar-refractivity contribution is -0.151. The number of nitrogens with two attached hydrogens (primary N) is 1. The molecule has 0 spiro atoms. The van der Waals surface area contributed by atoms with E-state index in [1.54, 1.807) is 44.2 Å². The van der Waals surface area contributed by atoms with Crippen molar-refractivity contribution in [3.63, 3.8) is 0 Å². The number of aliphatic hydroxyl groups excluding tert-OH is 1. The molecule has 0 aliphatic carbocycles. The number of nitrogen functional groups attached to an aromatic ring is 1. The molecule has 1 aliphatic rings. The predicted octanol–water partition coefficient (Wildman–Crippen LogP) is 1.59. The quantitative estimate of drug-likeness (QED) is 0.151. The van der Waals surface area contributed by atoms with Gasteiger partial charge in [0, 0.05) is 0 Å². The third-order valence-corrected chi connectivity index (χ3v) is 8.21. The Bertz CT molecular complexity index is 1560. The lowest BCUT2D eigenvalue weighted by Crippen LogP contribution is -2.46. The van der Waals surface area contributed by atoms with Gasteiger partial charge < -0.3 is 29.9 Å². The molecular formula is C26H32N5O9P. The van der Waals surface area contributed by atoms with Gasteiger partial charge in [0.2, 0.25) is 5.95 Å². The number of nitrogens with one attached hydrogen (secondary N) is 1. The zero-order chi connectivity index (χ0) is 29.9. The highest BCUT2D eigenvalue weighted by Crippen LogP contribution is 2.51. The van der Waals surface area contributed by atoms with Gasteiger partial charge in [-0.15, -0.1) is 5.92 Å². The van der Waals surface area contributed by atoms with E-state index in [0.29, 0.717) is 0 Å². The number of benzene rings is 1. The molecule has 3 aromatic rings. The van der Waals surface area contributed by atoms with Gasteiger partial charge in [0.25, 0.3) is 5.56 Å². The SMILES string of the molecule is CC#CC1(O)[C@@H](O)[C@@H](CO[P@@](=O)(C[C@@H](C)C(=O)OC(C)C)Oc2ccccc2)O[C@H]1n1cnc2c(=O)[nH]c(N)nc21. The van der Waals surface area contributed by atoms with Crippen molar-refractivity contribution in [3.05, 3.63) is 47.0 Å². The van der Waals surface area contributed by atoms with E-state index in [2.05, 4.69) is 26.8 Å². The summed E-state index contributed by atoms with van der Waals surface area (Å²) in [5, 5.41) is 22.6. The van der Waals surface area contributed by atoms with E-state index in [-0.39, 0.29) is 35.1 Å². The van der Waals surface area contributed by atoms with E-state index in [4.69, 9.17) is 24.3 Å². The van der Waals surface area contributed by atoms with Crippen LogP contribution in [0.1, 0.15) is 33.9 Å². The van der Waals surface area contributed by atoms with Gasteiger partial charge in [-0.3, -0.25) is 23.7 Å². The van der Waals surface area contributed by atoms with Crippen LogP contribution in [-0.2, 0) is 23.4 Å². The number of esters is 1. The molecule has 1 fully saturated rings. The Balaban J connectivity index is 1.62. The molecule has 1 aromatic carbocycles. The third-order valence-electron chi connectivity index (χ3n) is 6.19. The van der Waals surface area contributed by atoms with E-state index < -0.39 is 55.7 Å². The van der Waals surface area contributed by atoms with E-state index >= 15 is 0 Å². The molecule has 5 N–H and O–H groups in total. The number of hydrogen-bond acceptors (Lipinski definition) is 12. The number of ether oxygens (including phenoxy) is 2. The fourth-order valence-electron chi connectivity index (χ4n) is 4.34. The summed E-state index contributed by atoms with van der Waals surface area (Å²) in [6.07, 6.45) is -3.89. The average molecular weight is 590 g/mol. The molecule has 14 nitrogen and oxygen atoms in total. The van der Waals surface area contributed by atoms with Crippen molar-refractivity contribution >= 4 is 30.7 Å². The molecule has 6 atom stereocenters. The van der Waals surface area contributed by atoms with E-state index in [0.717, 1.165) is 0 Å². The number of hydrogen-bond donors (Lipinski definition) is 4. The maximum Gasteiger partial charge on any atom is 0.380 e. The molecule has 220 valence electrons. The first-order valence-corrected chi connectivity index (χ1v) is 14.5. The first kappa shape index (κ1) is 30.2. The first-order chi connectivity index (χ1) is 19.4. The van der Waals surface area contributed by atoms with Crippen LogP contribution < -0.4 is 15.8 Å². The van der Waals surface area contributed by atoms with Crippen LogP contribution in [0.5, 0.6) is 5.75 Å². The maximum absolute atomic E-state index is 13.9. The highest BCUT2D eigenvalue weighted by Gasteiger charge is 2.56. The Morgan fingerprint density at radius 3 is 2.68 bits per heavy atom. The normalized spacial score (nSPS) is 24.4. The molecule has 1 unspecified atom stereocenters. The Kier molecular flexibility index (Phi) is 8.86. The van der Waals surface area contributed by atoms with Gasteiger partial charge in [-0.2, -0.15) is 4.98 Å². The van der Waals surface area contributed by atoms with Crippen LogP contribution in [0.3, 0.4) is 0 Å². The summed E-state index contributed by atoms with van der Waals surface area (Å²) in [7, 11) is -4.07. The second kappa shape index (κ2) is 12.0. The molecule has 1 saturated heterocycles. The van der Waals surface area contributed by atoms with Gasteiger partial charge in [-0.05, 0) is 32.9 Å². The number of anilines is 1. The highest BCUT2D eigenvalue weighted by atomic mass is 31.2. The topological polar surface area (TPSA) is 201 Å². The van der Waals surface area contributed by atoms with Crippen LogP contribution in [0.25, 0.3) is 11.2 Å². The van der Waals surface area contributed by atoms with Gasteiger partial charge in [0.15, 0.2) is 23.0 Å². The van der Waals surface area contributed by atoms with Crippen LogP contribution in [0.2, 0.25) is 0 Å². The minimum Gasteiger partial charge on any atom is -0.463 e. The summed E-state index contributed by atoms with van der Waals surface area (Å²) in [5.41, 5.74) is 2.77. The minimum absolute atomic E-state index is 0.0167. The van der Waals surface area contributed by atoms with E-state index in [1.165, 1.54) is 24.7 Å². The Morgan fingerprint density at radius 2 is 2.02 bits per heavy atom. The average Bonchev–Trinajstić information content (AvgIpc) is 3.42. The number of aromatic amines is 1. The number of aromatic nitrogens is 4. The van der Waals surface area contributed by atoms with Gasteiger partial charge in [0.05, 0.1) is 31.1 Å². The monoisotopic (exact) mass is 589 g/mol. The molecule has 0 radical (unpaired) electrons. The molecule has 15 heteroatoms. The highest BCUT2D eigenvalue weighted by molar-refractivity contribution is 7.54. The third kappa shape index (κ3) is 6.45. The van der Waals surface area contributed by atoms with E-state index in [1.807, 2.05) is 0 Å². The van der Waals surface area contributed by atoms with Crippen LogP contribution in [0.4, 0.5) is 5.95 Å². The number of para-hydroxylation sites is 1. The van der Waals surface area contributed by atoms with Crippen LogP contribution in [0, 0.1) is 17.8 Å². The molecule has 0 bridgehead atoms. The molecule has 0 amide bonds. The molecule has 1 aliphatic heterocycles. The summed E-state index contributed by atoms with van der Waals surface area (Å²) >= 11 is 0. The maximum atomic E-state index is 13.9. The molecule has 0 saturated carbocycles. The Hall–Kier alpha value is -3.73. The summed E-state index contributed by atoms with van der Waals surface area (Å²) in [6, 6.07) is 8.25. The minimum atomic E-state index is -4.07. The summed E-state index contributed by atoms with van der Waals surface area (Å²) in [4.78, 5) is 35.2. The fourth-order valence-corrected chi connectivity index (χ4v) is 6.21. The summed E-state index contributed by atoms with van der Waals surface area (Å²) in [5.74, 6) is 3.72. The van der Waals surface area contributed by atoms with Crippen LogP contribution in [0.15, 0.2) is 41.5 Å². The molecule has 41 heavy (non-hydrogen) atoms. The van der Waals surface area contributed by atoms with E-state index in [9.17, 15) is 24.4 Å². The summed E-state index contributed by atoms with van der Waals surface area (Å²) in [6.45, 7) is 5.86. The standard InChI is InChI=1S/C26H32N5O9P/c1-5-11-26(35)20(32)18(39-24(26)31-14-28-19-21(31)29-25(27)30-22(19)33)12-37-41(36,40-17-9-7-6-8-10-17)13-16(4)23(34)38-15(2)3/h6-10,14-16,18,20,24,32,35H,12-13H2,1-4H3,(H3,27,29,30,33)/t16-,18-,20+,24-,26?,41+/m1/s1. The number of H-pyrrole nitrogens is 1. The Labute approximate surface area is 235 Å². The zero-order valence-corrected chi connectivity index (χ0v) is 23.8. The molecule has 2 aromatic heterocycles. The number of rotatable bonds is 10. The first-order valence-electron chi connectivity index (χ1n) is 12.8. The van der Waals surface area contributed by atoms with Crippen molar-refractivity contribution in [2.75, 3.05) is 18.5 Å².